The molecule has 172 valence electrons. The fraction of sp³-hybridized carbons (Fsp3) is 0.375. The van der Waals surface area contributed by atoms with Crippen LogP contribution in [0.4, 0.5) is 9.59 Å². The van der Waals surface area contributed by atoms with Crippen molar-refractivity contribution in [3.63, 3.8) is 0 Å². The maximum absolute atomic E-state index is 14.0. The van der Waals surface area contributed by atoms with Gasteiger partial charge in [0.25, 0.3) is 0 Å². The molecule has 2 heterocycles. The van der Waals surface area contributed by atoms with Gasteiger partial charge < -0.3 is 19.3 Å². The van der Waals surface area contributed by atoms with Crippen LogP contribution in [0.1, 0.15) is 42.5 Å². The van der Waals surface area contributed by atoms with Gasteiger partial charge in [-0.2, -0.15) is 0 Å². The molecule has 2 aliphatic heterocycles. The summed E-state index contributed by atoms with van der Waals surface area (Å²) in [4.78, 5) is 42.2. The predicted molar refractivity (Wildman–Crippen MR) is 127 cm³/mol. The molecule has 1 saturated carbocycles. The van der Waals surface area contributed by atoms with E-state index in [4.69, 9.17) is 9.47 Å². The maximum atomic E-state index is 14.0. The van der Waals surface area contributed by atoms with E-state index in [2.05, 4.69) is 31.9 Å². The number of carbonyl (C=O) groups is 3. The Labute approximate surface area is 208 Å². The highest BCUT2D eigenvalue weighted by molar-refractivity contribution is 9.10. The predicted octanol–water partition coefficient (Wildman–Crippen LogP) is 5.87. The van der Waals surface area contributed by atoms with Crippen LogP contribution in [-0.2, 0) is 4.79 Å². The van der Waals surface area contributed by atoms with Crippen molar-refractivity contribution in [2.75, 3.05) is 14.1 Å². The lowest BCUT2D eigenvalue weighted by atomic mass is 9.70. The van der Waals surface area contributed by atoms with Crippen molar-refractivity contribution in [3.05, 3.63) is 56.5 Å². The van der Waals surface area contributed by atoms with Gasteiger partial charge in [-0.15, -0.1) is 0 Å². The molecule has 2 aromatic rings. The molecule has 33 heavy (non-hydrogen) atoms. The fourth-order valence-corrected chi connectivity index (χ4v) is 6.14. The Balaban J connectivity index is 1.55. The van der Waals surface area contributed by atoms with Gasteiger partial charge in [0.05, 0.1) is 12.1 Å². The van der Waals surface area contributed by atoms with E-state index in [1.807, 2.05) is 24.3 Å². The zero-order valence-electron chi connectivity index (χ0n) is 18.1. The summed E-state index contributed by atoms with van der Waals surface area (Å²) in [6, 6.07) is 10.1. The first-order valence-corrected chi connectivity index (χ1v) is 12.4. The van der Waals surface area contributed by atoms with Gasteiger partial charge in [-0.05, 0) is 49.2 Å². The van der Waals surface area contributed by atoms with Crippen molar-refractivity contribution in [1.82, 2.24) is 9.80 Å². The second-order valence-corrected chi connectivity index (χ2v) is 10.6. The minimum atomic E-state index is -0.475. The fourth-order valence-electron chi connectivity index (χ4n) is 5.38. The SMILES string of the molecule is CN1C(=O)Oc2ccc(Br)cc2C1C1CCCC([C@@H]2c3cc(Br)ccc3OC(=O)N2C)C1=O. The molecule has 2 amide bonds. The van der Waals surface area contributed by atoms with Crippen LogP contribution in [-0.4, -0.2) is 41.9 Å². The topological polar surface area (TPSA) is 76.2 Å². The lowest BCUT2D eigenvalue weighted by Gasteiger charge is -2.44. The second-order valence-electron chi connectivity index (χ2n) is 8.76. The van der Waals surface area contributed by atoms with Crippen molar-refractivity contribution >= 4 is 49.8 Å². The number of hydrogen-bond donors (Lipinski definition) is 0. The van der Waals surface area contributed by atoms with E-state index in [0.29, 0.717) is 24.3 Å². The van der Waals surface area contributed by atoms with Gasteiger partial charge in [0.1, 0.15) is 17.3 Å². The molecule has 2 aromatic carbocycles. The first-order chi connectivity index (χ1) is 15.8. The summed E-state index contributed by atoms with van der Waals surface area (Å²) in [6.07, 6.45) is 1.19. The molecule has 5 rings (SSSR count). The minimum absolute atomic E-state index is 0.0520. The van der Waals surface area contributed by atoms with Gasteiger partial charge in [0.2, 0.25) is 0 Å². The number of nitrogens with zero attached hydrogens (tertiary/aromatic N) is 2. The number of ketones is 1. The largest absolute Gasteiger partial charge is 0.415 e. The molecular formula is C24H22Br2N2O5. The standard InChI is InChI=1S/C24H22Br2N2O5/c1-27-20(16-10-12(25)6-8-18(16)32-23(27)30)14-4-3-5-15(22(14)29)21-17-11-13(26)7-9-19(17)33-24(31)28(21)2/h6-11,14-15,20-21H,3-5H2,1-2H3/t14?,15?,20-,21?/m1/s1. The van der Waals surface area contributed by atoms with Crippen LogP contribution in [0.15, 0.2) is 45.3 Å². The molecule has 0 bridgehead atoms. The number of carbonyl (C=O) groups excluding carboxylic acids is 3. The van der Waals surface area contributed by atoms with Crippen LogP contribution in [0.5, 0.6) is 11.5 Å². The smallest absolute Gasteiger partial charge is 0.410 e. The summed E-state index contributed by atoms with van der Waals surface area (Å²) in [5, 5.41) is 0. The molecule has 3 aliphatic rings. The van der Waals surface area contributed by atoms with E-state index < -0.39 is 36.1 Å². The molecule has 4 atom stereocenters. The Kier molecular flexibility index (Phi) is 5.73. The summed E-state index contributed by atoms with van der Waals surface area (Å²) in [6.45, 7) is 0. The maximum Gasteiger partial charge on any atom is 0.415 e. The quantitative estimate of drug-likeness (QED) is 0.446. The Morgan fingerprint density at radius 1 is 0.758 bits per heavy atom. The molecule has 7 nitrogen and oxygen atoms in total. The second kappa shape index (κ2) is 8.43. The Morgan fingerprint density at radius 3 is 1.61 bits per heavy atom. The highest BCUT2D eigenvalue weighted by atomic mass is 79.9. The van der Waals surface area contributed by atoms with Crippen LogP contribution >= 0.6 is 31.9 Å². The van der Waals surface area contributed by atoms with Gasteiger partial charge in [-0.25, -0.2) is 9.59 Å². The van der Waals surface area contributed by atoms with Crippen LogP contribution in [0.3, 0.4) is 0 Å². The lowest BCUT2D eigenvalue weighted by molar-refractivity contribution is -0.134. The van der Waals surface area contributed by atoms with Crippen LogP contribution < -0.4 is 9.47 Å². The number of ether oxygens (including phenoxy) is 2. The third-order valence-corrected chi connectivity index (χ3v) is 7.90. The van der Waals surface area contributed by atoms with E-state index in [-0.39, 0.29) is 5.78 Å². The number of hydrogen-bond acceptors (Lipinski definition) is 5. The van der Waals surface area contributed by atoms with E-state index in [1.54, 1.807) is 26.2 Å². The number of benzene rings is 2. The molecule has 0 N–H and O–H groups in total. The summed E-state index contributed by atoms with van der Waals surface area (Å²) < 4.78 is 12.6. The Morgan fingerprint density at radius 2 is 1.18 bits per heavy atom. The number of fused-ring (bicyclic) bond motifs is 2. The normalized spacial score (nSPS) is 27.0. The lowest BCUT2D eigenvalue weighted by Crippen LogP contribution is -2.49. The monoisotopic (exact) mass is 576 g/mol. The highest BCUT2D eigenvalue weighted by Crippen LogP contribution is 2.49. The Bertz CT molecular complexity index is 1080. The first kappa shape index (κ1) is 22.4. The number of halogens is 2. The first-order valence-electron chi connectivity index (χ1n) is 10.8. The molecule has 0 saturated heterocycles. The third-order valence-electron chi connectivity index (χ3n) is 6.91. The van der Waals surface area contributed by atoms with Crippen LogP contribution in [0.2, 0.25) is 0 Å². The number of Topliss-reactive ketones (excluding diaryl/α,β-unsaturated/α-hetero) is 1. The summed E-state index contributed by atoms with van der Waals surface area (Å²) in [7, 11) is 3.34. The van der Waals surface area contributed by atoms with Gasteiger partial charge >= 0.3 is 12.2 Å². The van der Waals surface area contributed by atoms with Crippen molar-refractivity contribution in [2.24, 2.45) is 11.8 Å². The van der Waals surface area contributed by atoms with Gasteiger partial charge in [-0.1, -0.05) is 38.3 Å². The van der Waals surface area contributed by atoms with E-state index in [9.17, 15) is 14.4 Å². The van der Waals surface area contributed by atoms with Gasteiger partial charge in [0.15, 0.2) is 0 Å². The summed E-state index contributed by atoms with van der Waals surface area (Å²) >= 11 is 7.00. The molecule has 1 fully saturated rings. The van der Waals surface area contributed by atoms with E-state index in [0.717, 1.165) is 26.5 Å². The van der Waals surface area contributed by atoms with E-state index >= 15 is 0 Å². The number of amides is 2. The van der Waals surface area contributed by atoms with Crippen molar-refractivity contribution in [3.8, 4) is 11.5 Å². The highest BCUT2D eigenvalue weighted by Gasteiger charge is 2.48. The molecule has 9 heteroatoms. The molecule has 1 aliphatic carbocycles. The summed E-state index contributed by atoms with van der Waals surface area (Å²) in [5.74, 6) is 0.201. The molecule has 0 aromatic heterocycles. The van der Waals surface area contributed by atoms with E-state index in [1.165, 1.54) is 9.80 Å². The van der Waals surface area contributed by atoms with Gasteiger partial charge in [0, 0.05) is 46.0 Å². The van der Waals surface area contributed by atoms with Crippen molar-refractivity contribution in [2.45, 2.75) is 31.3 Å². The van der Waals surface area contributed by atoms with Crippen LogP contribution in [0.25, 0.3) is 0 Å². The third kappa shape index (κ3) is 3.75. The van der Waals surface area contributed by atoms with Crippen molar-refractivity contribution < 1.29 is 23.9 Å². The molecule has 3 unspecified atom stereocenters. The number of rotatable bonds is 2. The summed E-state index contributed by atoms with van der Waals surface area (Å²) in [5.41, 5.74) is 1.62. The zero-order valence-corrected chi connectivity index (χ0v) is 21.3. The van der Waals surface area contributed by atoms with Crippen LogP contribution in [0, 0.1) is 11.8 Å². The molecule has 0 spiro atoms. The Hall–Kier alpha value is -2.39. The molecular weight excluding hydrogens is 556 g/mol. The average molecular weight is 578 g/mol. The van der Waals surface area contributed by atoms with Crippen molar-refractivity contribution in [1.29, 1.82) is 0 Å². The molecule has 0 radical (unpaired) electrons. The average Bonchev–Trinajstić information content (AvgIpc) is 2.78. The van der Waals surface area contributed by atoms with Gasteiger partial charge in [-0.3, -0.25) is 4.79 Å². The minimum Gasteiger partial charge on any atom is -0.410 e. The zero-order chi connectivity index (χ0) is 23.4.